The zero-order valence-electron chi connectivity index (χ0n) is 12.3. The van der Waals surface area contributed by atoms with Gasteiger partial charge in [-0.3, -0.25) is 0 Å². The van der Waals surface area contributed by atoms with Gasteiger partial charge in [-0.15, -0.1) is 0 Å². The Morgan fingerprint density at radius 2 is 2.16 bits per heavy atom. The maximum Gasteiger partial charge on any atom is 0.119 e. The fourth-order valence-corrected chi connectivity index (χ4v) is 4.49. The molecule has 2 bridgehead atoms. The molecule has 0 radical (unpaired) electrons. The molecule has 1 fully saturated rings. The van der Waals surface area contributed by atoms with Crippen LogP contribution in [0.15, 0.2) is 18.2 Å². The topological polar surface area (TPSA) is 21.3 Å². The van der Waals surface area contributed by atoms with E-state index in [-0.39, 0.29) is 5.41 Å². The highest BCUT2D eigenvalue weighted by molar-refractivity contribution is 5.44. The SMILES string of the molecule is CNC1C2CCCC[C@]1(C)c1cc(OC)ccc1C2. The van der Waals surface area contributed by atoms with Gasteiger partial charge < -0.3 is 10.1 Å². The number of hydrogen-bond donors (Lipinski definition) is 1. The van der Waals surface area contributed by atoms with Crippen molar-refractivity contribution in [3.8, 4) is 5.75 Å². The van der Waals surface area contributed by atoms with E-state index in [1.165, 1.54) is 37.7 Å². The summed E-state index contributed by atoms with van der Waals surface area (Å²) in [5.74, 6) is 1.79. The maximum atomic E-state index is 5.44. The Kier molecular flexibility index (Phi) is 3.30. The van der Waals surface area contributed by atoms with Crippen molar-refractivity contribution in [2.75, 3.05) is 14.2 Å². The van der Waals surface area contributed by atoms with Crippen LogP contribution in [0.1, 0.15) is 43.7 Å². The normalized spacial score (nSPS) is 33.4. The second-order valence-electron chi connectivity index (χ2n) is 6.42. The van der Waals surface area contributed by atoms with Crippen molar-refractivity contribution in [1.29, 1.82) is 0 Å². The van der Waals surface area contributed by atoms with Crippen LogP contribution in [0.2, 0.25) is 0 Å². The molecule has 0 aliphatic heterocycles. The Morgan fingerprint density at radius 1 is 1.32 bits per heavy atom. The van der Waals surface area contributed by atoms with Crippen LogP contribution in [0.5, 0.6) is 5.75 Å². The summed E-state index contributed by atoms with van der Waals surface area (Å²) in [6, 6.07) is 7.29. The Bertz CT molecular complexity index is 470. The molecule has 0 amide bonds. The van der Waals surface area contributed by atoms with Gasteiger partial charge in [-0.1, -0.05) is 25.8 Å². The number of ether oxygens (including phenoxy) is 1. The highest BCUT2D eigenvalue weighted by Gasteiger charge is 2.45. The molecule has 19 heavy (non-hydrogen) atoms. The lowest BCUT2D eigenvalue weighted by atomic mass is 9.63. The number of nitrogens with one attached hydrogen (secondary N) is 1. The summed E-state index contributed by atoms with van der Waals surface area (Å²) in [6.45, 7) is 2.45. The van der Waals surface area contributed by atoms with E-state index in [0.29, 0.717) is 6.04 Å². The number of likely N-dealkylation sites (N-methyl/N-ethyl adjacent to an activating group) is 1. The fourth-order valence-electron chi connectivity index (χ4n) is 4.49. The quantitative estimate of drug-likeness (QED) is 0.880. The molecule has 2 aliphatic carbocycles. The van der Waals surface area contributed by atoms with E-state index < -0.39 is 0 Å². The van der Waals surface area contributed by atoms with Gasteiger partial charge in [-0.05, 0) is 55.5 Å². The van der Waals surface area contributed by atoms with Crippen LogP contribution in [0.4, 0.5) is 0 Å². The lowest BCUT2D eigenvalue weighted by molar-refractivity contribution is 0.220. The van der Waals surface area contributed by atoms with Crippen molar-refractivity contribution in [2.45, 2.75) is 50.5 Å². The van der Waals surface area contributed by atoms with Crippen molar-refractivity contribution in [3.05, 3.63) is 29.3 Å². The van der Waals surface area contributed by atoms with Crippen LogP contribution in [0.3, 0.4) is 0 Å². The van der Waals surface area contributed by atoms with Crippen molar-refractivity contribution >= 4 is 0 Å². The van der Waals surface area contributed by atoms with E-state index >= 15 is 0 Å². The molecule has 2 unspecified atom stereocenters. The highest BCUT2D eigenvalue weighted by Crippen LogP contribution is 2.47. The second-order valence-corrected chi connectivity index (χ2v) is 6.42. The van der Waals surface area contributed by atoms with Gasteiger partial charge in [0.25, 0.3) is 0 Å². The summed E-state index contributed by atoms with van der Waals surface area (Å²) in [5, 5.41) is 3.62. The van der Waals surface area contributed by atoms with Crippen LogP contribution >= 0.6 is 0 Å². The lowest BCUT2D eigenvalue weighted by Crippen LogP contribution is -2.52. The molecular weight excluding hydrogens is 234 g/mol. The molecule has 0 aromatic heterocycles. The third-order valence-corrected chi connectivity index (χ3v) is 5.40. The zero-order valence-corrected chi connectivity index (χ0v) is 12.3. The number of rotatable bonds is 2. The van der Waals surface area contributed by atoms with Crippen molar-refractivity contribution in [1.82, 2.24) is 5.32 Å². The smallest absolute Gasteiger partial charge is 0.119 e. The molecule has 0 heterocycles. The van der Waals surface area contributed by atoms with Crippen LogP contribution in [-0.2, 0) is 11.8 Å². The van der Waals surface area contributed by atoms with E-state index in [9.17, 15) is 0 Å². The maximum absolute atomic E-state index is 5.44. The monoisotopic (exact) mass is 259 g/mol. The van der Waals surface area contributed by atoms with Gasteiger partial charge in [-0.2, -0.15) is 0 Å². The average Bonchev–Trinajstić information content (AvgIpc) is 2.54. The van der Waals surface area contributed by atoms with Gasteiger partial charge in [0.2, 0.25) is 0 Å². The van der Waals surface area contributed by atoms with Crippen molar-refractivity contribution in [3.63, 3.8) is 0 Å². The second kappa shape index (κ2) is 4.82. The number of fused-ring (bicyclic) bond motifs is 4. The van der Waals surface area contributed by atoms with Crippen LogP contribution in [-0.4, -0.2) is 20.2 Å². The number of benzene rings is 1. The molecule has 1 N–H and O–H groups in total. The molecule has 104 valence electrons. The molecular formula is C17H25NO. The lowest BCUT2D eigenvalue weighted by Gasteiger charge is -2.46. The molecule has 1 saturated carbocycles. The van der Waals surface area contributed by atoms with E-state index in [1.807, 2.05) is 0 Å². The first kappa shape index (κ1) is 13.0. The minimum Gasteiger partial charge on any atom is -0.497 e. The third-order valence-electron chi connectivity index (χ3n) is 5.40. The molecule has 0 saturated heterocycles. The van der Waals surface area contributed by atoms with Gasteiger partial charge in [0.15, 0.2) is 0 Å². The molecule has 2 aliphatic rings. The van der Waals surface area contributed by atoms with Gasteiger partial charge in [0, 0.05) is 11.5 Å². The first-order valence-electron chi connectivity index (χ1n) is 7.53. The van der Waals surface area contributed by atoms with Crippen LogP contribution in [0, 0.1) is 5.92 Å². The Hall–Kier alpha value is -1.02. The van der Waals surface area contributed by atoms with Crippen LogP contribution in [0.25, 0.3) is 0 Å². The van der Waals surface area contributed by atoms with Crippen LogP contribution < -0.4 is 10.1 Å². The van der Waals surface area contributed by atoms with Crippen molar-refractivity contribution < 1.29 is 4.74 Å². The first-order chi connectivity index (χ1) is 9.19. The number of hydrogen-bond acceptors (Lipinski definition) is 2. The van der Waals surface area contributed by atoms with Gasteiger partial charge >= 0.3 is 0 Å². The fraction of sp³-hybridized carbons (Fsp3) is 0.647. The zero-order chi connectivity index (χ0) is 13.5. The third kappa shape index (κ3) is 1.97. The van der Waals surface area contributed by atoms with E-state index in [2.05, 4.69) is 37.5 Å². The Labute approximate surface area is 116 Å². The molecule has 0 spiro atoms. The molecule has 2 heteroatoms. The minimum absolute atomic E-state index is 0.262. The van der Waals surface area contributed by atoms with E-state index in [4.69, 9.17) is 4.74 Å². The van der Waals surface area contributed by atoms with E-state index in [1.54, 1.807) is 12.7 Å². The predicted molar refractivity (Wildman–Crippen MR) is 78.9 cm³/mol. The predicted octanol–water partition coefficient (Wildman–Crippen LogP) is 3.29. The first-order valence-corrected chi connectivity index (χ1v) is 7.53. The van der Waals surface area contributed by atoms with Crippen molar-refractivity contribution in [2.24, 2.45) is 5.92 Å². The Balaban J connectivity index is 2.13. The van der Waals surface area contributed by atoms with E-state index in [0.717, 1.165) is 11.7 Å². The summed E-state index contributed by atoms with van der Waals surface area (Å²) >= 11 is 0. The summed E-state index contributed by atoms with van der Waals surface area (Å²) in [4.78, 5) is 0. The van der Waals surface area contributed by atoms with Gasteiger partial charge in [0.05, 0.1) is 7.11 Å². The molecule has 3 rings (SSSR count). The molecule has 3 atom stereocenters. The molecule has 1 aromatic carbocycles. The minimum atomic E-state index is 0.262. The Morgan fingerprint density at radius 3 is 2.89 bits per heavy atom. The summed E-state index contributed by atoms with van der Waals surface area (Å²) in [7, 11) is 3.89. The summed E-state index contributed by atoms with van der Waals surface area (Å²) < 4.78 is 5.44. The summed E-state index contributed by atoms with van der Waals surface area (Å²) in [6.07, 6.45) is 6.60. The molecule has 2 nitrogen and oxygen atoms in total. The summed E-state index contributed by atoms with van der Waals surface area (Å²) in [5.41, 5.74) is 3.32. The van der Waals surface area contributed by atoms with Gasteiger partial charge in [0.1, 0.15) is 5.75 Å². The highest BCUT2D eigenvalue weighted by atomic mass is 16.5. The average molecular weight is 259 g/mol. The number of methoxy groups -OCH3 is 1. The van der Waals surface area contributed by atoms with Gasteiger partial charge in [-0.25, -0.2) is 0 Å². The largest absolute Gasteiger partial charge is 0.497 e. The molecule has 1 aromatic rings. The standard InChI is InChI=1S/C17H25NO/c1-17-9-5-4-6-13(16(17)18-2)10-12-7-8-14(19-3)11-15(12)17/h7-8,11,13,16,18H,4-6,9-10H2,1-3H3/t13?,16?,17-/m1/s1.